The molecule has 0 aromatic heterocycles. The maximum Gasteiger partial charge on any atom is 0.352 e. The third-order valence-electron chi connectivity index (χ3n) is 3.31. The second-order valence-corrected chi connectivity index (χ2v) is 7.65. The SMILES string of the molecule is COC(=O)CCCCCCCC/C(F)=C/[I+]c1ccccc1. The Hall–Kier alpha value is -0.910. The molecule has 0 fully saturated rings. The molecule has 0 unspecified atom stereocenters. The van der Waals surface area contributed by atoms with E-state index in [1.165, 1.54) is 10.7 Å². The Balaban J connectivity index is 1.98. The van der Waals surface area contributed by atoms with E-state index >= 15 is 0 Å². The van der Waals surface area contributed by atoms with Crippen LogP contribution >= 0.6 is 0 Å². The van der Waals surface area contributed by atoms with Crippen molar-refractivity contribution in [1.29, 1.82) is 0 Å². The van der Waals surface area contributed by atoms with Gasteiger partial charge >= 0.3 is 27.2 Å². The predicted molar refractivity (Wildman–Crippen MR) is 83.3 cm³/mol. The predicted octanol–water partition coefficient (Wildman–Crippen LogP) is 2.05. The Kier molecular flexibility index (Phi) is 11.0. The minimum atomic E-state index is -0.337. The maximum absolute atomic E-state index is 13.7. The summed E-state index contributed by atoms with van der Waals surface area (Å²) in [4.78, 5) is 10.9. The van der Waals surface area contributed by atoms with Gasteiger partial charge in [0.25, 0.3) is 0 Å². The van der Waals surface area contributed by atoms with Gasteiger partial charge in [0.05, 0.1) is 7.11 Å². The summed E-state index contributed by atoms with van der Waals surface area (Å²) in [7, 11) is 1.42. The zero-order valence-corrected chi connectivity index (χ0v) is 15.4. The first-order valence-corrected chi connectivity index (χ1v) is 10.1. The average Bonchev–Trinajstić information content (AvgIpc) is 2.56. The molecule has 0 saturated heterocycles. The molecular formula is C18H25FIO2+. The van der Waals surface area contributed by atoms with Crippen molar-refractivity contribution < 1.29 is 35.1 Å². The molecule has 1 aromatic rings. The quantitative estimate of drug-likeness (QED) is 0.312. The molecule has 0 heterocycles. The molecule has 0 radical (unpaired) electrons. The standard InChI is InChI=1S/C18H25FIO2/c1-22-18(21)14-10-5-3-2-4-7-11-16(19)15-20-17-12-8-6-9-13-17/h6,8-9,12-13,15H,2-5,7,10-11,14H2,1H3/q+1/b16-15-. The minimum absolute atomic E-state index is 0.0438. The van der Waals surface area contributed by atoms with E-state index in [2.05, 4.69) is 16.9 Å². The van der Waals surface area contributed by atoms with E-state index in [9.17, 15) is 9.18 Å². The summed E-state index contributed by atoms with van der Waals surface area (Å²) in [6, 6.07) is 10.1. The fraction of sp³-hybridized carbons (Fsp3) is 0.500. The van der Waals surface area contributed by atoms with E-state index in [4.69, 9.17) is 0 Å². The lowest BCUT2D eigenvalue weighted by molar-refractivity contribution is -0.558. The van der Waals surface area contributed by atoms with Gasteiger partial charge in [0.1, 0.15) is 5.83 Å². The summed E-state index contributed by atoms with van der Waals surface area (Å²) in [6.07, 6.45) is 7.21. The normalized spacial score (nSPS) is 11.5. The van der Waals surface area contributed by atoms with Gasteiger partial charge in [-0.2, -0.15) is 0 Å². The number of rotatable bonds is 11. The summed E-state index contributed by atoms with van der Waals surface area (Å²) in [6.45, 7) is 0. The highest BCUT2D eigenvalue weighted by Gasteiger charge is 2.09. The molecular weight excluding hydrogens is 394 g/mol. The molecule has 0 amide bonds. The van der Waals surface area contributed by atoms with Crippen LogP contribution in [0.1, 0.15) is 51.4 Å². The van der Waals surface area contributed by atoms with Crippen molar-refractivity contribution in [2.45, 2.75) is 51.4 Å². The van der Waals surface area contributed by atoms with Crippen LogP contribution < -0.4 is 21.2 Å². The molecule has 0 bridgehead atoms. The van der Waals surface area contributed by atoms with Gasteiger partial charge in [-0.1, -0.05) is 43.9 Å². The highest BCUT2D eigenvalue weighted by atomic mass is 127. The summed E-state index contributed by atoms with van der Waals surface area (Å²) in [5, 5.41) is 0. The molecule has 0 aliphatic rings. The van der Waals surface area contributed by atoms with Gasteiger partial charge in [0, 0.05) is 12.8 Å². The molecule has 4 heteroatoms. The molecule has 122 valence electrons. The Morgan fingerprint density at radius 3 is 2.27 bits per heavy atom. The van der Waals surface area contributed by atoms with Crippen molar-refractivity contribution >= 4 is 5.97 Å². The number of benzene rings is 1. The van der Waals surface area contributed by atoms with E-state index in [0.29, 0.717) is 12.8 Å². The van der Waals surface area contributed by atoms with Crippen molar-refractivity contribution in [3.63, 3.8) is 0 Å². The van der Waals surface area contributed by atoms with Crippen molar-refractivity contribution in [3.8, 4) is 0 Å². The second kappa shape index (κ2) is 12.6. The second-order valence-electron chi connectivity index (χ2n) is 5.16. The number of allylic oxidation sites excluding steroid dienone is 1. The van der Waals surface area contributed by atoms with E-state index in [1.807, 2.05) is 18.2 Å². The van der Waals surface area contributed by atoms with Crippen LogP contribution in [0.2, 0.25) is 0 Å². The number of methoxy groups -OCH3 is 1. The van der Waals surface area contributed by atoms with E-state index in [0.717, 1.165) is 38.5 Å². The van der Waals surface area contributed by atoms with Crippen LogP contribution in [0.3, 0.4) is 0 Å². The van der Waals surface area contributed by atoms with Gasteiger partial charge in [0.15, 0.2) is 7.65 Å². The van der Waals surface area contributed by atoms with Crippen LogP contribution in [0.4, 0.5) is 4.39 Å². The third kappa shape index (κ3) is 9.92. The van der Waals surface area contributed by atoms with Crippen molar-refractivity contribution in [2.75, 3.05) is 7.11 Å². The number of carbonyl (C=O) groups is 1. The first kappa shape index (κ1) is 19.1. The van der Waals surface area contributed by atoms with Crippen molar-refractivity contribution in [3.05, 3.63) is 43.8 Å². The van der Waals surface area contributed by atoms with Gasteiger partial charge in [0.2, 0.25) is 0 Å². The number of esters is 1. The van der Waals surface area contributed by atoms with Crippen molar-refractivity contribution in [2.24, 2.45) is 0 Å². The van der Waals surface area contributed by atoms with E-state index in [1.54, 1.807) is 4.08 Å². The first-order chi connectivity index (χ1) is 10.7. The smallest absolute Gasteiger partial charge is 0.352 e. The van der Waals surface area contributed by atoms with Crippen LogP contribution in [-0.4, -0.2) is 13.1 Å². The number of ether oxygens (including phenoxy) is 1. The molecule has 0 spiro atoms. The molecule has 0 saturated carbocycles. The molecule has 0 aliphatic heterocycles. The lowest BCUT2D eigenvalue weighted by Crippen LogP contribution is -3.59. The average molecular weight is 419 g/mol. The molecule has 0 atom stereocenters. The fourth-order valence-corrected chi connectivity index (χ4v) is 3.88. The van der Waals surface area contributed by atoms with Gasteiger partial charge in [-0.25, -0.2) is 4.39 Å². The number of unbranched alkanes of at least 4 members (excludes halogenated alkanes) is 5. The van der Waals surface area contributed by atoms with E-state index in [-0.39, 0.29) is 33.0 Å². The Bertz CT molecular complexity index is 446. The van der Waals surface area contributed by atoms with Crippen LogP contribution in [0, 0.1) is 3.57 Å². The topological polar surface area (TPSA) is 26.3 Å². The zero-order chi connectivity index (χ0) is 16.0. The Labute approximate surface area is 143 Å². The number of carbonyl (C=O) groups excluding carboxylic acids is 1. The summed E-state index contributed by atoms with van der Waals surface area (Å²) < 4.78 is 21.3. The highest BCUT2D eigenvalue weighted by Crippen LogP contribution is 2.12. The third-order valence-corrected chi connectivity index (χ3v) is 5.73. The van der Waals surface area contributed by atoms with Crippen LogP contribution in [0.15, 0.2) is 40.2 Å². The highest BCUT2D eigenvalue weighted by molar-refractivity contribution is 5.68. The minimum Gasteiger partial charge on any atom is -0.469 e. The number of hydrogen-bond acceptors (Lipinski definition) is 2. The molecule has 22 heavy (non-hydrogen) atoms. The summed E-state index contributed by atoms with van der Waals surface area (Å²) >= 11 is -0.337. The number of halogens is 2. The van der Waals surface area contributed by atoms with E-state index < -0.39 is 0 Å². The van der Waals surface area contributed by atoms with Gasteiger partial charge in [-0.3, -0.25) is 4.79 Å². The van der Waals surface area contributed by atoms with Gasteiger partial charge in [-0.05, 0) is 25.0 Å². The largest absolute Gasteiger partial charge is 0.469 e. The van der Waals surface area contributed by atoms with Crippen LogP contribution in [-0.2, 0) is 9.53 Å². The van der Waals surface area contributed by atoms with Crippen LogP contribution in [0.5, 0.6) is 0 Å². The monoisotopic (exact) mass is 419 g/mol. The fourth-order valence-electron chi connectivity index (χ4n) is 2.04. The number of hydrogen-bond donors (Lipinski definition) is 0. The van der Waals surface area contributed by atoms with Crippen molar-refractivity contribution in [1.82, 2.24) is 0 Å². The molecule has 1 rings (SSSR count). The Morgan fingerprint density at radius 2 is 1.64 bits per heavy atom. The van der Waals surface area contributed by atoms with Gasteiger partial charge in [-0.15, -0.1) is 0 Å². The molecule has 2 nitrogen and oxygen atoms in total. The molecule has 1 aromatic carbocycles. The zero-order valence-electron chi connectivity index (χ0n) is 13.2. The first-order valence-electron chi connectivity index (χ1n) is 7.82. The lowest BCUT2D eigenvalue weighted by Gasteiger charge is -2.00. The Morgan fingerprint density at radius 1 is 1.05 bits per heavy atom. The van der Waals surface area contributed by atoms with Crippen LogP contribution in [0.25, 0.3) is 0 Å². The summed E-state index contributed by atoms with van der Waals surface area (Å²) in [5.41, 5.74) is 0. The lowest BCUT2D eigenvalue weighted by atomic mass is 10.1. The maximum atomic E-state index is 13.7. The molecule has 0 aliphatic carbocycles. The summed E-state index contributed by atoms with van der Waals surface area (Å²) in [5.74, 6) is -0.0868. The van der Waals surface area contributed by atoms with Gasteiger partial charge < -0.3 is 4.74 Å². The molecule has 0 N–H and O–H groups in total.